The summed E-state index contributed by atoms with van der Waals surface area (Å²) in [6.45, 7) is 1.59. The van der Waals surface area contributed by atoms with Gasteiger partial charge in [0, 0.05) is 5.56 Å². The minimum absolute atomic E-state index is 0.0853. The van der Waals surface area contributed by atoms with E-state index >= 15 is 0 Å². The molecule has 0 fully saturated rings. The molecule has 17 heavy (non-hydrogen) atoms. The standard InChI is InChI=1S/C14H11ClF2/c1-9-7-8-11(16)12(14(9)17)13(15)10-5-3-2-4-6-10/h2-8,13H,1H3. The molecule has 0 N–H and O–H groups in total. The van der Waals surface area contributed by atoms with Crippen LogP contribution in [0.1, 0.15) is 22.1 Å². The Balaban J connectivity index is 2.51. The zero-order valence-electron chi connectivity index (χ0n) is 9.25. The quantitative estimate of drug-likeness (QED) is 0.685. The molecular weight excluding hydrogens is 242 g/mol. The monoisotopic (exact) mass is 252 g/mol. The molecular formula is C14H11ClF2. The fourth-order valence-electron chi connectivity index (χ4n) is 1.70. The third kappa shape index (κ3) is 2.32. The second kappa shape index (κ2) is 4.84. The summed E-state index contributed by atoms with van der Waals surface area (Å²) in [6.07, 6.45) is 0. The number of rotatable bonds is 2. The van der Waals surface area contributed by atoms with Crippen LogP contribution < -0.4 is 0 Å². The van der Waals surface area contributed by atoms with Gasteiger partial charge in [0.15, 0.2) is 0 Å². The van der Waals surface area contributed by atoms with Gasteiger partial charge in [0.05, 0.1) is 5.38 Å². The molecule has 88 valence electrons. The smallest absolute Gasteiger partial charge is 0.134 e. The summed E-state index contributed by atoms with van der Waals surface area (Å²) >= 11 is 6.13. The van der Waals surface area contributed by atoms with E-state index in [1.165, 1.54) is 12.1 Å². The molecule has 0 nitrogen and oxygen atoms in total. The van der Waals surface area contributed by atoms with E-state index in [1.54, 1.807) is 31.2 Å². The molecule has 0 saturated heterocycles. The Labute approximate surface area is 104 Å². The van der Waals surface area contributed by atoms with Gasteiger partial charge in [0.1, 0.15) is 11.6 Å². The van der Waals surface area contributed by atoms with Gasteiger partial charge >= 0.3 is 0 Å². The van der Waals surface area contributed by atoms with Crippen LogP contribution in [0.2, 0.25) is 0 Å². The zero-order chi connectivity index (χ0) is 12.4. The van der Waals surface area contributed by atoms with Gasteiger partial charge in [-0.15, -0.1) is 11.6 Å². The highest BCUT2D eigenvalue weighted by molar-refractivity contribution is 6.22. The van der Waals surface area contributed by atoms with E-state index in [4.69, 9.17) is 11.6 Å². The van der Waals surface area contributed by atoms with Crippen LogP contribution in [-0.4, -0.2) is 0 Å². The molecule has 0 aromatic heterocycles. The summed E-state index contributed by atoms with van der Waals surface area (Å²) in [7, 11) is 0. The third-order valence-electron chi connectivity index (χ3n) is 2.67. The minimum atomic E-state index is -0.809. The van der Waals surface area contributed by atoms with Crippen LogP contribution in [0.4, 0.5) is 8.78 Å². The first kappa shape index (κ1) is 12.1. The van der Waals surface area contributed by atoms with Crippen LogP contribution in [0.15, 0.2) is 42.5 Å². The molecule has 0 aliphatic carbocycles. The van der Waals surface area contributed by atoms with Crippen molar-refractivity contribution in [1.82, 2.24) is 0 Å². The first-order valence-corrected chi connectivity index (χ1v) is 5.68. The lowest BCUT2D eigenvalue weighted by Gasteiger charge is -2.13. The molecule has 2 aromatic carbocycles. The highest BCUT2D eigenvalue weighted by atomic mass is 35.5. The summed E-state index contributed by atoms with van der Waals surface area (Å²) in [5.74, 6) is -1.19. The second-order valence-electron chi connectivity index (χ2n) is 3.87. The van der Waals surface area contributed by atoms with Crippen LogP contribution in [0.5, 0.6) is 0 Å². The molecule has 0 aliphatic rings. The van der Waals surface area contributed by atoms with Gasteiger partial charge in [-0.05, 0) is 24.1 Å². The Morgan fingerprint density at radius 1 is 1.00 bits per heavy atom. The van der Waals surface area contributed by atoms with Crippen molar-refractivity contribution in [2.45, 2.75) is 12.3 Å². The number of aryl methyl sites for hydroxylation is 1. The summed E-state index contributed by atoms with van der Waals surface area (Å²) in [4.78, 5) is 0. The molecule has 0 spiro atoms. The van der Waals surface area contributed by atoms with E-state index in [-0.39, 0.29) is 5.56 Å². The summed E-state index contributed by atoms with van der Waals surface area (Å²) in [5.41, 5.74) is 0.985. The number of halogens is 3. The van der Waals surface area contributed by atoms with Gasteiger partial charge < -0.3 is 0 Å². The molecule has 0 saturated carbocycles. The summed E-state index contributed by atoms with van der Waals surface area (Å²) < 4.78 is 27.5. The van der Waals surface area contributed by atoms with Gasteiger partial charge in [0.2, 0.25) is 0 Å². The largest absolute Gasteiger partial charge is 0.207 e. The van der Waals surface area contributed by atoms with E-state index in [2.05, 4.69) is 0 Å². The topological polar surface area (TPSA) is 0 Å². The molecule has 0 amide bonds. The third-order valence-corrected chi connectivity index (χ3v) is 3.14. The fraction of sp³-hybridized carbons (Fsp3) is 0.143. The van der Waals surface area contributed by atoms with Crippen molar-refractivity contribution in [1.29, 1.82) is 0 Å². The number of benzene rings is 2. The molecule has 1 atom stereocenters. The lowest BCUT2D eigenvalue weighted by atomic mass is 10.0. The Hall–Kier alpha value is -1.41. The average molecular weight is 253 g/mol. The normalized spacial score (nSPS) is 12.5. The van der Waals surface area contributed by atoms with Crippen LogP contribution in [0.3, 0.4) is 0 Å². The maximum Gasteiger partial charge on any atom is 0.134 e. The predicted molar refractivity (Wildman–Crippen MR) is 65.2 cm³/mol. The zero-order valence-corrected chi connectivity index (χ0v) is 10.0. The Morgan fingerprint density at radius 3 is 2.29 bits per heavy atom. The van der Waals surface area contributed by atoms with E-state index < -0.39 is 17.0 Å². The van der Waals surface area contributed by atoms with Crippen molar-refractivity contribution in [3.05, 3.63) is 70.8 Å². The number of hydrogen-bond donors (Lipinski definition) is 0. The number of hydrogen-bond acceptors (Lipinski definition) is 0. The van der Waals surface area contributed by atoms with Gasteiger partial charge in [-0.1, -0.05) is 36.4 Å². The lowest BCUT2D eigenvalue weighted by molar-refractivity contribution is 0.553. The van der Waals surface area contributed by atoms with Crippen LogP contribution in [0, 0.1) is 18.6 Å². The SMILES string of the molecule is Cc1ccc(F)c(C(Cl)c2ccccc2)c1F. The Bertz CT molecular complexity index is 523. The molecule has 2 rings (SSSR count). The van der Waals surface area contributed by atoms with E-state index in [9.17, 15) is 8.78 Å². The van der Waals surface area contributed by atoms with Crippen molar-refractivity contribution in [3.8, 4) is 0 Å². The molecule has 0 heterocycles. The maximum absolute atomic E-state index is 13.9. The second-order valence-corrected chi connectivity index (χ2v) is 4.30. The molecule has 0 aliphatic heterocycles. The fourth-order valence-corrected chi connectivity index (χ4v) is 2.04. The predicted octanol–water partition coefficient (Wildman–Crippen LogP) is 4.60. The molecule has 2 aromatic rings. The molecule has 1 unspecified atom stereocenters. The van der Waals surface area contributed by atoms with Crippen molar-refractivity contribution in [2.24, 2.45) is 0 Å². The highest BCUT2D eigenvalue weighted by Crippen LogP contribution is 2.33. The molecule has 3 heteroatoms. The summed E-state index contributed by atoms with van der Waals surface area (Å²) in [5, 5.41) is -0.809. The first-order valence-electron chi connectivity index (χ1n) is 5.24. The van der Waals surface area contributed by atoms with Gasteiger partial charge in [-0.25, -0.2) is 8.78 Å². The Kier molecular flexibility index (Phi) is 3.43. The molecule has 0 bridgehead atoms. The van der Waals surface area contributed by atoms with Crippen molar-refractivity contribution in [3.63, 3.8) is 0 Å². The average Bonchev–Trinajstić information content (AvgIpc) is 2.35. The van der Waals surface area contributed by atoms with E-state index in [0.29, 0.717) is 11.1 Å². The summed E-state index contributed by atoms with van der Waals surface area (Å²) in [6, 6.07) is 11.6. The van der Waals surface area contributed by atoms with Crippen molar-refractivity contribution >= 4 is 11.6 Å². The van der Waals surface area contributed by atoms with Crippen molar-refractivity contribution < 1.29 is 8.78 Å². The van der Waals surface area contributed by atoms with E-state index in [0.717, 1.165) is 0 Å². The maximum atomic E-state index is 13.9. The van der Waals surface area contributed by atoms with Gasteiger partial charge in [0.25, 0.3) is 0 Å². The van der Waals surface area contributed by atoms with Crippen molar-refractivity contribution in [2.75, 3.05) is 0 Å². The lowest BCUT2D eigenvalue weighted by Crippen LogP contribution is -2.02. The van der Waals surface area contributed by atoms with Gasteiger partial charge in [-0.2, -0.15) is 0 Å². The minimum Gasteiger partial charge on any atom is -0.207 e. The van der Waals surface area contributed by atoms with Crippen LogP contribution >= 0.6 is 11.6 Å². The van der Waals surface area contributed by atoms with Crippen LogP contribution in [-0.2, 0) is 0 Å². The highest BCUT2D eigenvalue weighted by Gasteiger charge is 2.20. The first-order chi connectivity index (χ1) is 8.11. The Morgan fingerprint density at radius 2 is 1.65 bits per heavy atom. The van der Waals surface area contributed by atoms with E-state index in [1.807, 2.05) is 6.07 Å². The van der Waals surface area contributed by atoms with Gasteiger partial charge in [-0.3, -0.25) is 0 Å². The number of alkyl halides is 1. The van der Waals surface area contributed by atoms with Crippen LogP contribution in [0.25, 0.3) is 0 Å². The molecule has 0 radical (unpaired) electrons.